The zero-order chi connectivity index (χ0) is 16.3. The number of ketones is 1. The predicted molar refractivity (Wildman–Crippen MR) is 67.4 cm³/mol. The Kier molecular flexibility index (Phi) is 4.06. The van der Waals surface area contributed by atoms with E-state index >= 15 is 0 Å². The van der Waals surface area contributed by atoms with E-state index in [1.807, 2.05) is 0 Å². The van der Waals surface area contributed by atoms with Crippen molar-refractivity contribution in [2.75, 3.05) is 0 Å². The van der Waals surface area contributed by atoms with Gasteiger partial charge in [0, 0.05) is 29.6 Å². The topological polar surface area (TPSA) is 82.3 Å². The van der Waals surface area contributed by atoms with Crippen LogP contribution in [0.4, 0.5) is 18.9 Å². The molecular formula is C13H7F3N2O4. The first-order valence-corrected chi connectivity index (χ1v) is 5.76. The molecule has 2 rings (SSSR count). The van der Waals surface area contributed by atoms with Gasteiger partial charge >= 0.3 is 6.36 Å². The van der Waals surface area contributed by atoms with Crippen LogP contribution in [-0.2, 0) is 0 Å². The van der Waals surface area contributed by atoms with Gasteiger partial charge in [-0.25, -0.2) is 0 Å². The molecule has 1 heterocycles. The van der Waals surface area contributed by atoms with Crippen molar-refractivity contribution in [2.45, 2.75) is 6.36 Å². The van der Waals surface area contributed by atoms with Crippen molar-refractivity contribution < 1.29 is 27.6 Å². The zero-order valence-corrected chi connectivity index (χ0v) is 10.7. The highest BCUT2D eigenvalue weighted by Gasteiger charge is 2.32. The van der Waals surface area contributed by atoms with Crippen molar-refractivity contribution in [3.05, 3.63) is 64.0 Å². The molecule has 0 unspecified atom stereocenters. The smallest absolute Gasteiger partial charge is 0.406 e. The third-order valence-corrected chi connectivity index (χ3v) is 2.52. The molecule has 2 aromatic rings. The predicted octanol–water partition coefficient (Wildman–Crippen LogP) is 3.12. The number of aromatic nitrogens is 1. The minimum Gasteiger partial charge on any atom is -0.406 e. The minimum absolute atomic E-state index is 0.0842. The summed E-state index contributed by atoms with van der Waals surface area (Å²) >= 11 is 0. The average Bonchev–Trinajstić information content (AvgIpc) is 2.45. The maximum Gasteiger partial charge on any atom is 0.573 e. The average molecular weight is 312 g/mol. The van der Waals surface area contributed by atoms with Gasteiger partial charge in [0.25, 0.3) is 5.69 Å². The summed E-state index contributed by atoms with van der Waals surface area (Å²) in [4.78, 5) is 25.7. The van der Waals surface area contributed by atoms with E-state index in [4.69, 9.17) is 0 Å². The summed E-state index contributed by atoms with van der Waals surface area (Å²) in [6.07, 6.45) is -2.42. The van der Waals surface area contributed by atoms with Gasteiger partial charge in [-0.3, -0.25) is 19.9 Å². The second-order valence-corrected chi connectivity index (χ2v) is 4.09. The molecule has 1 aromatic carbocycles. The molecular weight excluding hydrogens is 305 g/mol. The Morgan fingerprint density at radius 2 is 1.95 bits per heavy atom. The van der Waals surface area contributed by atoms with Crippen molar-refractivity contribution in [1.29, 1.82) is 0 Å². The van der Waals surface area contributed by atoms with E-state index in [0.29, 0.717) is 6.07 Å². The number of nitro groups is 1. The number of carbonyl (C=O) groups is 1. The monoisotopic (exact) mass is 312 g/mol. The van der Waals surface area contributed by atoms with Crippen molar-refractivity contribution in [3.63, 3.8) is 0 Å². The van der Waals surface area contributed by atoms with Gasteiger partial charge in [0.1, 0.15) is 5.75 Å². The van der Waals surface area contributed by atoms with Crippen molar-refractivity contribution in [3.8, 4) is 5.75 Å². The van der Waals surface area contributed by atoms with Crippen LogP contribution in [0.5, 0.6) is 5.75 Å². The largest absolute Gasteiger partial charge is 0.573 e. The molecule has 0 saturated heterocycles. The molecule has 0 fully saturated rings. The van der Waals surface area contributed by atoms with Gasteiger partial charge in [0.15, 0.2) is 5.78 Å². The fraction of sp³-hybridized carbons (Fsp3) is 0.0769. The van der Waals surface area contributed by atoms with Gasteiger partial charge in [-0.15, -0.1) is 13.2 Å². The first-order chi connectivity index (χ1) is 10.3. The first-order valence-electron chi connectivity index (χ1n) is 5.76. The van der Waals surface area contributed by atoms with E-state index in [2.05, 4.69) is 9.72 Å². The molecule has 0 aliphatic heterocycles. The molecule has 1 aromatic heterocycles. The quantitative estimate of drug-likeness (QED) is 0.492. The lowest BCUT2D eigenvalue weighted by Gasteiger charge is -2.10. The second kappa shape index (κ2) is 5.80. The van der Waals surface area contributed by atoms with Crippen molar-refractivity contribution >= 4 is 11.5 Å². The van der Waals surface area contributed by atoms with Crippen LogP contribution in [0.2, 0.25) is 0 Å². The number of benzene rings is 1. The summed E-state index contributed by atoms with van der Waals surface area (Å²) in [7, 11) is 0. The third kappa shape index (κ3) is 3.78. The molecule has 9 heteroatoms. The Bertz CT molecular complexity index is 717. The van der Waals surface area contributed by atoms with Gasteiger partial charge in [0.2, 0.25) is 0 Å². The highest BCUT2D eigenvalue weighted by Crippen LogP contribution is 2.29. The number of nitrogens with zero attached hydrogens (tertiary/aromatic N) is 2. The first kappa shape index (κ1) is 15.4. The van der Waals surface area contributed by atoms with E-state index in [1.165, 1.54) is 24.5 Å². The molecule has 0 amide bonds. The summed E-state index contributed by atoms with van der Waals surface area (Å²) in [6.45, 7) is 0. The maximum absolute atomic E-state index is 12.2. The lowest BCUT2D eigenvalue weighted by atomic mass is 10.0. The summed E-state index contributed by atoms with van der Waals surface area (Å²) < 4.78 is 40.4. The highest BCUT2D eigenvalue weighted by molar-refractivity contribution is 6.09. The van der Waals surface area contributed by atoms with Gasteiger partial charge in [-0.2, -0.15) is 0 Å². The van der Waals surface area contributed by atoms with Crippen LogP contribution in [0.25, 0.3) is 0 Å². The number of alkyl halides is 3. The molecule has 0 N–H and O–H groups in total. The highest BCUT2D eigenvalue weighted by atomic mass is 19.4. The molecule has 6 nitrogen and oxygen atoms in total. The van der Waals surface area contributed by atoms with Crippen LogP contribution in [-0.4, -0.2) is 22.1 Å². The van der Waals surface area contributed by atoms with Crippen LogP contribution < -0.4 is 4.74 Å². The van der Waals surface area contributed by atoms with Crippen molar-refractivity contribution in [2.24, 2.45) is 0 Å². The summed E-state index contributed by atoms with van der Waals surface area (Å²) in [6, 6.07) is 5.10. The van der Waals surface area contributed by atoms with Crippen LogP contribution in [0.3, 0.4) is 0 Å². The number of rotatable bonds is 4. The van der Waals surface area contributed by atoms with E-state index < -0.39 is 28.5 Å². The van der Waals surface area contributed by atoms with Gasteiger partial charge in [0.05, 0.1) is 11.0 Å². The van der Waals surface area contributed by atoms with Crippen molar-refractivity contribution in [1.82, 2.24) is 4.98 Å². The number of hydrogen-bond acceptors (Lipinski definition) is 5. The second-order valence-electron chi connectivity index (χ2n) is 4.09. The summed E-state index contributed by atoms with van der Waals surface area (Å²) in [5, 5.41) is 10.8. The number of carbonyl (C=O) groups excluding carboxylic acids is 1. The van der Waals surface area contributed by atoms with E-state index in [-0.39, 0.29) is 11.1 Å². The molecule has 0 aliphatic carbocycles. The zero-order valence-electron chi connectivity index (χ0n) is 10.7. The van der Waals surface area contributed by atoms with Crippen LogP contribution in [0.1, 0.15) is 15.9 Å². The summed E-state index contributed by atoms with van der Waals surface area (Å²) in [5.41, 5.74) is -0.906. The van der Waals surface area contributed by atoms with Gasteiger partial charge < -0.3 is 4.74 Å². The number of pyridine rings is 1. The molecule has 114 valence electrons. The van der Waals surface area contributed by atoms with Crippen LogP contribution >= 0.6 is 0 Å². The molecule has 0 spiro atoms. The standard InChI is InChI=1S/C13H7F3N2O4/c14-13(15,16)22-11-5-9(4-10(6-11)18(20)21)12(19)8-2-1-3-17-7-8/h1-7H. The SMILES string of the molecule is O=C(c1cccnc1)c1cc(OC(F)(F)F)cc([N+](=O)[O-])c1. The molecule has 0 bridgehead atoms. The van der Waals surface area contributed by atoms with Crippen LogP contribution in [0, 0.1) is 10.1 Å². The Morgan fingerprint density at radius 1 is 1.23 bits per heavy atom. The molecule has 0 atom stereocenters. The fourth-order valence-electron chi connectivity index (χ4n) is 1.68. The molecule has 0 saturated carbocycles. The van der Waals surface area contributed by atoms with E-state index in [9.17, 15) is 28.1 Å². The van der Waals surface area contributed by atoms with Gasteiger partial charge in [-0.1, -0.05) is 0 Å². The number of non-ortho nitro benzene ring substituents is 1. The number of hydrogen-bond donors (Lipinski definition) is 0. The van der Waals surface area contributed by atoms with E-state index in [0.717, 1.165) is 12.1 Å². The van der Waals surface area contributed by atoms with E-state index in [1.54, 1.807) is 0 Å². The minimum atomic E-state index is -5.02. The lowest BCUT2D eigenvalue weighted by Crippen LogP contribution is -2.17. The van der Waals surface area contributed by atoms with Gasteiger partial charge in [-0.05, 0) is 18.2 Å². The Labute approximate surface area is 121 Å². The number of nitro benzene ring substituents is 1. The number of ether oxygens (including phenoxy) is 1. The molecule has 22 heavy (non-hydrogen) atoms. The molecule has 0 aliphatic rings. The summed E-state index contributed by atoms with van der Waals surface area (Å²) in [5.74, 6) is -1.54. The Hall–Kier alpha value is -2.97. The number of halogens is 3. The normalized spacial score (nSPS) is 11.0. The Morgan fingerprint density at radius 3 is 2.50 bits per heavy atom. The van der Waals surface area contributed by atoms with Crippen LogP contribution in [0.15, 0.2) is 42.7 Å². The fourth-order valence-corrected chi connectivity index (χ4v) is 1.68. The molecule has 0 radical (unpaired) electrons. The lowest BCUT2D eigenvalue weighted by molar-refractivity contribution is -0.385. The Balaban J connectivity index is 2.46. The third-order valence-electron chi connectivity index (χ3n) is 2.52. The maximum atomic E-state index is 12.2.